The number of ether oxygens (including phenoxy) is 1. The Labute approximate surface area is 88.2 Å². The Bertz CT molecular complexity index is 258. The van der Waals surface area contributed by atoms with Crippen LogP contribution in [0.4, 0.5) is 0 Å². The monoisotopic (exact) mass is 242 g/mol. The molecular weight excluding hydrogens is 228 g/mol. The van der Waals surface area contributed by atoms with Gasteiger partial charge in [-0.3, -0.25) is 0 Å². The van der Waals surface area contributed by atoms with Crippen molar-refractivity contribution in [2.45, 2.75) is 20.5 Å². The van der Waals surface area contributed by atoms with Gasteiger partial charge < -0.3 is 4.74 Å². The highest BCUT2D eigenvalue weighted by Crippen LogP contribution is 2.12. The Hall–Kier alpha value is -0.340. The Kier molecular flexibility index (Phi) is 4.46. The first kappa shape index (κ1) is 10.7. The summed E-state index contributed by atoms with van der Waals surface area (Å²) in [4.78, 5) is 0. The topological polar surface area (TPSA) is 9.23 Å². The minimum absolute atomic E-state index is 0.604. The lowest BCUT2D eigenvalue weighted by molar-refractivity contribution is 0.0970. The van der Waals surface area contributed by atoms with Gasteiger partial charge in [-0.1, -0.05) is 41.9 Å². The van der Waals surface area contributed by atoms with Crippen molar-refractivity contribution in [3.05, 3.63) is 34.3 Å². The number of rotatable bonds is 4. The highest BCUT2D eigenvalue weighted by Gasteiger charge is 1.96. The van der Waals surface area contributed by atoms with E-state index in [9.17, 15) is 0 Å². The van der Waals surface area contributed by atoms with Crippen LogP contribution in [0.25, 0.3) is 0 Å². The SMILES string of the molecule is CC(C)COCc1cccc(Br)c1. The fourth-order valence-electron chi connectivity index (χ4n) is 1.04. The molecule has 0 fully saturated rings. The lowest BCUT2D eigenvalue weighted by Crippen LogP contribution is -2.01. The third kappa shape index (κ3) is 4.44. The summed E-state index contributed by atoms with van der Waals surface area (Å²) < 4.78 is 6.62. The van der Waals surface area contributed by atoms with E-state index in [0.717, 1.165) is 11.1 Å². The highest BCUT2D eigenvalue weighted by atomic mass is 79.9. The largest absolute Gasteiger partial charge is 0.377 e. The minimum atomic E-state index is 0.604. The Morgan fingerprint density at radius 3 is 2.77 bits per heavy atom. The summed E-state index contributed by atoms with van der Waals surface area (Å²) in [7, 11) is 0. The van der Waals surface area contributed by atoms with E-state index in [2.05, 4.69) is 41.9 Å². The smallest absolute Gasteiger partial charge is 0.0717 e. The molecule has 0 unspecified atom stereocenters. The van der Waals surface area contributed by atoms with Crippen molar-refractivity contribution in [3.63, 3.8) is 0 Å². The summed E-state index contributed by atoms with van der Waals surface area (Å²) in [6.45, 7) is 5.84. The second-order valence-corrected chi connectivity index (χ2v) is 4.45. The molecular formula is C11H15BrO. The maximum Gasteiger partial charge on any atom is 0.0717 e. The van der Waals surface area contributed by atoms with Gasteiger partial charge in [0, 0.05) is 11.1 Å². The normalized spacial score (nSPS) is 10.8. The molecule has 0 N–H and O–H groups in total. The summed E-state index contributed by atoms with van der Waals surface area (Å²) in [6, 6.07) is 8.20. The van der Waals surface area contributed by atoms with Crippen molar-refractivity contribution in [2.75, 3.05) is 6.61 Å². The van der Waals surface area contributed by atoms with Crippen molar-refractivity contribution in [2.24, 2.45) is 5.92 Å². The first-order chi connectivity index (χ1) is 6.18. The van der Waals surface area contributed by atoms with Gasteiger partial charge in [0.15, 0.2) is 0 Å². The second-order valence-electron chi connectivity index (χ2n) is 3.54. The van der Waals surface area contributed by atoms with Crippen LogP contribution in [0.3, 0.4) is 0 Å². The van der Waals surface area contributed by atoms with Crippen molar-refractivity contribution in [1.82, 2.24) is 0 Å². The van der Waals surface area contributed by atoms with Crippen LogP contribution in [0.1, 0.15) is 19.4 Å². The molecule has 0 heterocycles. The average Bonchev–Trinajstić information content (AvgIpc) is 2.03. The van der Waals surface area contributed by atoms with Crippen LogP contribution in [0, 0.1) is 5.92 Å². The van der Waals surface area contributed by atoms with E-state index in [4.69, 9.17) is 4.74 Å². The molecule has 0 aliphatic rings. The molecule has 0 spiro atoms. The van der Waals surface area contributed by atoms with Crippen LogP contribution in [-0.4, -0.2) is 6.61 Å². The molecule has 0 saturated heterocycles. The van der Waals surface area contributed by atoms with Gasteiger partial charge in [-0.2, -0.15) is 0 Å². The lowest BCUT2D eigenvalue weighted by Gasteiger charge is -2.06. The van der Waals surface area contributed by atoms with E-state index in [-0.39, 0.29) is 0 Å². The molecule has 0 atom stereocenters. The predicted molar refractivity (Wildman–Crippen MR) is 58.6 cm³/mol. The molecule has 1 aromatic carbocycles. The number of benzene rings is 1. The number of hydrogen-bond acceptors (Lipinski definition) is 1. The van der Waals surface area contributed by atoms with Crippen LogP contribution >= 0.6 is 15.9 Å². The van der Waals surface area contributed by atoms with E-state index >= 15 is 0 Å². The van der Waals surface area contributed by atoms with Crippen LogP contribution in [0.2, 0.25) is 0 Å². The standard InChI is InChI=1S/C11H15BrO/c1-9(2)7-13-8-10-4-3-5-11(12)6-10/h3-6,9H,7-8H2,1-2H3. The van der Waals surface area contributed by atoms with E-state index in [1.165, 1.54) is 5.56 Å². The Balaban J connectivity index is 2.37. The molecule has 1 nitrogen and oxygen atoms in total. The van der Waals surface area contributed by atoms with E-state index in [1.807, 2.05) is 12.1 Å². The van der Waals surface area contributed by atoms with Gasteiger partial charge in [0.25, 0.3) is 0 Å². The number of halogens is 1. The first-order valence-electron chi connectivity index (χ1n) is 4.50. The molecule has 0 radical (unpaired) electrons. The summed E-state index contributed by atoms with van der Waals surface area (Å²) in [5.74, 6) is 0.604. The molecule has 0 aromatic heterocycles. The van der Waals surface area contributed by atoms with Gasteiger partial charge in [0.2, 0.25) is 0 Å². The summed E-state index contributed by atoms with van der Waals surface area (Å²) >= 11 is 3.43. The minimum Gasteiger partial charge on any atom is -0.377 e. The molecule has 0 amide bonds. The van der Waals surface area contributed by atoms with Crippen LogP contribution in [0.15, 0.2) is 28.7 Å². The van der Waals surface area contributed by atoms with Crippen molar-refractivity contribution in [3.8, 4) is 0 Å². The van der Waals surface area contributed by atoms with Gasteiger partial charge in [-0.05, 0) is 23.6 Å². The third-order valence-electron chi connectivity index (χ3n) is 1.61. The average molecular weight is 243 g/mol. The zero-order chi connectivity index (χ0) is 9.68. The fraction of sp³-hybridized carbons (Fsp3) is 0.455. The molecule has 1 aromatic rings. The van der Waals surface area contributed by atoms with Crippen LogP contribution in [0.5, 0.6) is 0 Å². The molecule has 0 bridgehead atoms. The van der Waals surface area contributed by atoms with Crippen LogP contribution < -0.4 is 0 Å². The third-order valence-corrected chi connectivity index (χ3v) is 2.10. The number of hydrogen-bond donors (Lipinski definition) is 0. The van der Waals surface area contributed by atoms with Crippen molar-refractivity contribution in [1.29, 1.82) is 0 Å². The van der Waals surface area contributed by atoms with E-state index in [1.54, 1.807) is 0 Å². The molecule has 13 heavy (non-hydrogen) atoms. The molecule has 2 heteroatoms. The molecule has 72 valence electrons. The van der Waals surface area contributed by atoms with Crippen molar-refractivity contribution < 1.29 is 4.74 Å². The molecule has 0 saturated carbocycles. The van der Waals surface area contributed by atoms with Crippen LogP contribution in [-0.2, 0) is 11.3 Å². The van der Waals surface area contributed by atoms with Gasteiger partial charge in [-0.15, -0.1) is 0 Å². The van der Waals surface area contributed by atoms with Crippen molar-refractivity contribution >= 4 is 15.9 Å². The Morgan fingerprint density at radius 1 is 1.38 bits per heavy atom. The van der Waals surface area contributed by atoms with Gasteiger partial charge in [0.05, 0.1) is 6.61 Å². The zero-order valence-electron chi connectivity index (χ0n) is 8.09. The van der Waals surface area contributed by atoms with E-state index in [0.29, 0.717) is 12.5 Å². The zero-order valence-corrected chi connectivity index (χ0v) is 9.67. The van der Waals surface area contributed by atoms with Gasteiger partial charge >= 0.3 is 0 Å². The summed E-state index contributed by atoms with van der Waals surface area (Å²) in [5, 5.41) is 0. The Morgan fingerprint density at radius 2 is 2.15 bits per heavy atom. The maximum absolute atomic E-state index is 5.52. The van der Waals surface area contributed by atoms with Gasteiger partial charge in [-0.25, -0.2) is 0 Å². The van der Waals surface area contributed by atoms with E-state index < -0.39 is 0 Å². The molecule has 0 aliphatic heterocycles. The quantitative estimate of drug-likeness (QED) is 0.784. The first-order valence-corrected chi connectivity index (χ1v) is 5.30. The lowest BCUT2D eigenvalue weighted by atomic mass is 10.2. The summed E-state index contributed by atoms with van der Waals surface area (Å²) in [6.07, 6.45) is 0. The maximum atomic E-state index is 5.52. The second kappa shape index (κ2) is 5.40. The summed E-state index contributed by atoms with van der Waals surface area (Å²) in [5.41, 5.74) is 1.22. The highest BCUT2D eigenvalue weighted by molar-refractivity contribution is 9.10. The van der Waals surface area contributed by atoms with Gasteiger partial charge in [0.1, 0.15) is 0 Å². The molecule has 0 aliphatic carbocycles. The fourth-order valence-corrected chi connectivity index (χ4v) is 1.49. The molecule has 1 rings (SSSR count). The predicted octanol–water partition coefficient (Wildman–Crippen LogP) is 3.62.